The van der Waals surface area contributed by atoms with Crippen molar-refractivity contribution in [1.29, 1.82) is 0 Å². The lowest BCUT2D eigenvalue weighted by atomic mass is 10.1. The van der Waals surface area contributed by atoms with E-state index in [1.807, 2.05) is 0 Å². The standard InChI is InChI=1S/C22H50N4O9/c23-1-4-27-7-10-30-13-16-33-19-22(26,20-34-17-14-31-11-8-28-5-2-24)21-35-18-15-32-12-9-29-6-3-25/h1-21,23-26H2. The highest BCUT2D eigenvalue weighted by Gasteiger charge is 2.26. The molecule has 0 atom stereocenters. The third kappa shape index (κ3) is 26.4. The second-order valence-corrected chi connectivity index (χ2v) is 7.56. The Labute approximate surface area is 210 Å². The number of hydrogen-bond donors (Lipinski definition) is 4. The second-order valence-electron chi connectivity index (χ2n) is 7.56. The van der Waals surface area contributed by atoms with Crippen LogP contribution in [0, 0.1) is 0 Å². The summed E-state index contributed by atoms with van der Waals surface area (Å²) in [5.74, 6) is 0. The first-order chi connectivity index (χ1) is 17.2. The molecule has 0 saturated carbocycles. The molecule has 0 spiro atoms. The molecule has 0 bridgehead atoms. The van der Waals surface area contributed by atoms with Crippen molar-refractivity contribution < 1.29 is 42.6 Å². The molecule has 0 heterocycles. The molecular formula is C22H50N4O9. The van der Waals surface area contributed by atoms with Crippen LogP contribution in [0.2, 0.25) is 0 Å². The molecule has 0 aliphatic heterocycles. The topological polar surface area (TPSA) is 187 Å². The van der Waals surface area contributed by atoms with E-state index in [9.17, 15) is 0 Å². The molecule has 0 fully saturated rings. The summed E-state index contributed by atoms with van der Waals surface area (Å²) in [5, 5.41) is 0. The van der Waals surface area contributed by atoms with E-state index in [0.717, 1.165) is 0 Å². The Balaban J connectivity index is 4.05. The summed E-state index contributed by atoms with van der Waals surface area (Å²) < 4.78 is 49.2. The van der Waals surface area contributed by atoms with Crippen molar-refractivity contribution in [1.82, 2.24) is 0 Å². The Morgan fingerprint density at radius 3 is 0.743 bits per heavy atom. The highest BCUT2D eigenvalue weighted by atomic mass is 16.6. The van der Waals surface area contributed by atoms with Crippen molar-refractivity contribution in [2.75, 3.05) is 139 Å². The van der Waals surface area contributed by atoms with Gasteiger partial charge in [0, 0.05) is 19.6 Å². The van der Waals surface area contributed by atoms with Gasteiger partial charge in [0.15, 0.2) is 0 Å². The molecule has 8 N–H and O–H groups in total. The molecule has 0 aliphatic carbocycles. The first-order valence-electron chi connectivity index (χ1n) is 12.3. The van der Waals surface area contributed by atoms with E-state index in [1.54, 1.807) is 0 Å². The van der Waals surface area contributed by atoms with E-state index in [0.29, 0.717) is 119 Å². The number of rotatable bonds is 30. The summed E-state index contributed by atoms with van der Waals surface area (Å²) in [5.41, 5.74) is 21.8. The number of hydrogen-bond acceptors (Lipinski definition) is 13. The summed E-state index contributed by atoms with van der Waals surface area (Å²) >= 11 is 0. The fraction of sp³-hybridized carbons (Fsp3) is 1.00. The zero-order valence-electron chi connectivity index (χ0n) is 21.3. The maximum absolute atomic E-state index is 6.49. The van der Waals surface area contributed by atoms with Gasteiger partial charge in [-0.25, -0.2) is 0 Å². The summed E-state index contributed by atoms with van der Waals surface area (Å²) in [6.07, 6.45) is 0. The maximum atomic E-state index is 6.49. The third-order valence-corrected chi connectivity index (χ3v) is 4.19. The summed E-state index contributed by atoms with van der Waals surface area (Å²) in [4.78, 5) is 0. The molecule has 0 radical (unpaired) electrons. The van der Waals surface area contributed by atoms with Crippen LogP contribution in [-0.2, 0) is 42.6 Å². The van der Waals surface area contributed by atoms with Crippen molar-refractivity contribution in [3.05, 3.63) is 0 Å². The molecule has 0 rings (SSSR count). The van der Waals surface area contributed by atoms with Gasteiger partial charge in [-0.3, -0.25) is 0 Å². The van der Waals surface area contributed by atoms with Gasteiger partial charge in [0.25, 0.3) is 0 Å². The van der Waals surface area contributed by atoms with Crippen LogP contribution >= 0.6 is 0 Å². The van der Waals surface area contributed by atoms with Gasteiger partial charge in [-0.2, -0.15) is 0 Å². The van der Waals surface area contributed by atoms with Crippen LogP contribution in [-0.4, -0.2) is 144 Å². The van der Waals surface area contributed by atoms with Crippen molar-refractivity contribution in [2.24, 2.45) is 22.9 Å². The summed E-state index contributed by atoms with van der Waals surface area (Å²) in [7, 11) is 0. The SMILES string of the molecule is NCCOCCOCCOCC(N)(COCCOCCOCCN)COCCOCCOCCN. The smallest absolute Gasteiger partial charge is 0.0865 e. The van der Waals surface area contributed by atoms with Gasteiger partial charge in [0.2, 0.25) is 0 Å². The van der Waals surface area contributed by atoms with Crippen molar-refractivity contribution in [3.8, 4) is 0 Å². The quantitative estimate of drug-likeness (QED) is 0.0751. The average molecular weight is 515 g/mol. The minimum absolute atomic E-state index is 0.252. The Bertz CT molecular complexity index is 360. The number of ether oxygens (including phenoxy) is 9. The van der Waals surface area contributed by atoms with E-state index >= 15 is 0 Å². The van der Waals surface area contributed by atoms with Crippen molar-refractivity contribution in [3.63, 3.8) is 0 Å². The average Bonchev–Trinajstić information content (AvgIpc) is 2.86. The molecule has 0 amide bonds. The fourth-order valence-electron chi connectivity index (χ4n) is 2.52. The zero-order valence-corrected chi connectivity index (χ0v) is 21.3. The van der Waals surface area contributed by atoms with Gasteiger partial charge in [0.05, 0.1) is 124 Å². The lowest BCUT2D eigenvalue weighted by molar-refractivity contribution is -0.0548. The Morgan fingerprint density at radius 2 is 0.514 bits per heavy atom. The van der Waals surface area contributed by atoms with Gasteiger partial charge in [-0.15, -0.1) is 0 Å². The van der Waals surface area contributed by atoms with Crippen LogP contribution in [0.25, 0.3) is 0 Å². The molecule has 13 heteroatoms. The molecular weight excluding hydrogens is 464 g/mol. The molecule has 0 aromatic rings. The number of nitrogens with two attached hydrogens (primary N) is 4. The van der Waals surface area contributed by atoms with E-state index in [-0.39, 0.29) is 19.8 Å². The Hall–Kier alpha value is -0.520. The van der Waals surface area contributed by atoms with Crippen LogP contribution in [0.15, 0.2) is 0 Å². The lowest BCUT2D eigenvalue weighted by Gasteiger charge is -2.29. The second kappa shape index (κ2) is 28.1. The molecule has 212 valence electrons. The first kappa shape index (κ1) is 34.5. The van der Waals surface area contributed by atoms with Crippen LogP contribution in [0.1, 0.15) is 0 Å². The Kier molecular flexibility index (Phi) is 27.6. The molecule has 0 aromatic carbocycles. The Morgan fingerprint density at radius 1 is 0.314 bits per heavy atom. The van der Waals surface area contributed by atoms with Crippen molar-refractivity contribution in [2.45, 2.75) is 5.54 Å². The van der Waals surface area contributed by atoms with Gasteiger partial charge < -0.3 is 65.6 Å². The van der Waals surface area contributed by atoms with Crippen molar-refractivity contribution >= 4 is 0 Å². The minimum Gasteiger partial charge on any atom is -0.378 e. The normalized spacial score (nSPS) is 12.0. The molecule has 0 aromatic heterocycles. The van der Waals surface area contributed by atoms with Gasteiger partial charge >= 0.3 is 0 Å². The summed E-state index contributed by atoms with van der Waals surface area (Å²) in [6.45, 7) is 9.27. The molecule has 0 unspecified atom stereocenters. The van der Waals surface area contributed by atoms with Crippen LogP contribution in [0.4, 0.5) is 0 Å². The molecule has 0 aliphatic rings. The molecule has 35 heavy (non-hydrogen) atoms. The van der Waals surface area contributed by atoms with E-state index in [4.69, 9.17) is 65.6 Å². The molecule has 13 nitrogen and oxygen atoms in total. The maximum Gasteiger partial charge on any atom is 0.0865 e. The third-order valence-electron chi connectivity index (χ3n) is 4.19. The highest BCUT2D eigenvalue weighted by molar-refractivity contribution is 4.84. The first-order valence-corrected chi connectivity index (χ1v) is 12.3. The van der Waals surface area contributed by atoms with Gasteiger partial charge in [-0.05, 0) is 0 Å². The van der Waals surface area contributed by atoms with Crippen LogP contribution < -0.4 is 22.9 Å². The molecule has 0 saturated heterocycles. The predicted octanol–water partition coefficient (Wildman–Crippen LogP) is -2.29. The van der Waals surface area contributed by atoms with Gasteiger partial charge in [-0.1, -0.05) is 0 Å². The fourth-order valence-corrected chi connectivity index (χ4v) is 2.52. The van der Waals surface area contributed by atoms with E-state index in [1.165, 1.54) is 0 Å². The zero-order chi connectivity index (χ0) is 25.7. The highest BCUT2D eigenvalue weighted by Crippen LogP contribution is 2.05. The van der Waals surface area contributed by atoms with Crippen LogP contribution in [0.3, 0.4) is 0 Å². The predicted molar refractivity (Wildman–Crippen MR) is 131 cm³/mol. The largest absolute Gasteiger partial charge is 0.378 e. The van der Waals surface area contributed by atoms with E-state index < -0.39 is 5.54 Å². The van der Waals surface area contributed by atoms with Gasteiger partial charge in [0.1, 0.15) is 0 Å². The monoisotopic (exact) mass is 514 g/mol. The van der Waals surface area contributed by atoms with Crippen LogP contribution in [0.5, 0.6) is 0 Å². The summed E-state index contributed by atoms with van der Waals surface area (Å²) in [6, 6.07) is 0. The van der Waals surface area contributed by atoms with E-state index in [2.05, 4.69) is 0 Å². The minimum atomic E-state index is -0.821. The lowest BCUT2D eigenvalue weighted by Crippen LogP contribution is -2.53.